The van der Waals surface area contributed by atoms with Gasteiger partial charge in [-0.15, -0.1) is 0 Å². The summed E-state index contributed by atoms with van der Waals surface area (Å²) in [7, 11) is 1.61. The van der Waals surface area contributed by atoms with Crippen molar-refractivity contribution in [3.05, 3.63) is 23.8 Å². The van der Waals surface area contributed by atoms with Gasteiger partial charge in [-0.1, -0.05) is 19.3 Å². The molecule has 0 atom stereocenters. The van der Waals surface area contributed by atoms with Crippen LogP contribution in [-0.2, 0) is 9.53 Å². The van der Waals surface area contributed by atoms with E-state index in [0.717, 1.165) is 25.7 Å². The fourth-order valence-corrected chi connectivity index (χ4v) is 3.50. The molecule has 0 N–H and O–H groups in total. The van der Waals surface area contributed by atoms with E-state index >= 15 is 0 Å². The molecule has 7 heteroatoms. The third-order valence-corrected chi connectivity index (χ3v) is 5.21. The first-order valence-corrected chi connectivity index (χ1v) is 9.30. The second-order valence-corrected chi connectivity index (χ2v) is 6.94. The van der Waals surface area contributed by atoms with Gasteiger partial charge in [-0.2, -0.15) is 5.26 Å². The van der Waals surface area contributed by atoms with Gasteiger partial charge in [0.1, 0.15) is 5.54 Å². The molecule has 1 aliphatic heterocycles. The Morgan fingerprint density at radius 3 is 2.56 bits per heavy atom. The molecule has 1 fully saturated rings. The number of hydrogen-bond acceptors (Lipinski definition) is 6. The van der Waals surface area contributed by atoms with Crippen LogP contribution in [0.15, 0.2) is 18.2 Å². The molecule has 1 amide bonds. The van der Waals surface area contributed by atoms with Gasteiger partial charge in [-0.3, -0.25) is 4.79 Å². The van der Waals surface area contributed by atoms with E-state index in [1.807, 2.05) is 0 Å². The molecule has 1 saturated carbocycles. The molecule has 7 nitrogen and oxygen atoms in total. The van der Waals surface area contributed by atoms with E-state index in [-0.39, 0.29) is 5.91 Å². The number of ether oxygens (including phenoxy) is 3. The quantitative estimate of drug-likeness (QED) is 0.755. The minimum absolute atomic E-state index is 0.294. The lowest BCUT2D eigenvalue weighted by atomic mass is 9.81. The zero-order chi connectivity index (χ0) is 19.3. The van der Waals surface area contributed by atoms with Crippen molar-refractivity contribution in [2.45, 2.75) is 44.1 Å². The second-order valence-electron chi connectivity index (χ2n) is 6.94. The summed E-state index contributed by atoms with van der Waals surface area (Å²) < 4.78 is 16.3. The van der Waals surface area contributed by atoms with Gasteiger partial charge in [0.05, 0.1) is 24.8 Å². The van der Waals surface area contributed by atoms with Gasteiger partial charge in [0.15, 0.2) is 18.1 Å². The van der Waals surface area contributed by atoms with E-state index in [0.29, 0.717) is 43.1 Å². The average Bonchev–Trinajstić information content (AvgIpc) is 2.96. The van der Waals surface area contributed by atoms with Gasteiger partial charge in [0.2, 0.25) is 0 Å². The number of nitriles is 1. The van der Waals surface area contributed by atoms with E-state index < -0.39 is 18.1 Å². The highest BCUT2D eigenvalue weighted by molar-refractivity contribution is 5.92. The summed E-state index contributed by atoms with van der Waals surface area (Å²) in [5.41, 5.74) is -0.501. The van der Waals surface area contributed by atoms with Crippen molar-refractivity contribution >= 4 is 11.9 Å². The third-order valence-electron chi connectivity index (χ3n) is 5.21. The molecule has 0 unspecified atom stereocenters. The van der Waals surface area contributed by atoms with Crippen molar-refractivity contribution < 1.29 is 23.8 Å². The van der Waals surface area contributed by atoms with E-state index in [1.54, 1.807) is 25.2 Å². The molecule has 1 aliphatic carbocycles. The van der Waals surface area contributed by atoms with Crippen molar-refractivity contribution in [1.82, 2.24) is 4.90 Å². The number of amides is 1. The Kier molecular flexibility index (Phi) is 5.84. The highest BCUT2D eigenvalue weighted by Gasteiger charge is 2.39. The number of hydrogen-bond donors (Lipinski definition) is 0. The summed E-state index contributed by atoms with van der Waals surface area (Å²) in [6.07, 6.45) is 4.99. The summed E-state index contributed by atoms with van der Waals surface area (Å²) in [6, 6.07) is 7.11. The van der Waals surface area contributed by atoms with Crippen molar-refractivity contribution in [2.75, 3.05) is 26.9 Å². The Balaban J connectivity index is 1.61. The zero-order valence-corrected chi connectivity index (χ0v) is 15.5. The summed E-state index contributed by atoms with van der Waals surface area (Å²) in [6.45, 7) is 0.691. The van der Waals surface area contributed by atoms with Crippen LogP contribution in [0.1, 0.15) is 48.9 Å². The van der Waals surface area contributed by atoms with Crippen LogP contribution >= 0.6 is 0 Å². The summed E-state index contributed by atoms with van der Waals surface area (Å²) in [5, 5.41) is 9.57. The van der Waals surface area contributed by atoms with Crippen LogP contribution in [0.25, 0.3) is 0 Å². The highest BCUT2D eigenvalue weighted by atomic mass is 16.5. The number of likely N-dealkylation sites (N-methyl/N-ethyl adjacent to an activating group) is 1. The van der Waals surface area contributed by atoms with Crippen LogP contribution in [0.3, 0.4) is 0 Å². The SMILES string of the molecule is CN(C(=O)COC(=O)c1ccc2c(c1)OCCCO2)C1(C#N)CCCCC1. The number of rotatable bonds is 4. The number of esters is 1. The van der Waals surface area contributed by atoms with Crippen LogP contribution in [0.2, 0.25) is 0 Å². The lowest BCUT2D eigenvalue weighted by molar-refractivity contribution is -0.138. The van der Waals surface area contributed by atoms with Crippen molar-refractivity contribution in [1.29, 1.82) is 5.26 Å². The summed E-state index contributed by atoms with van der Waals surface area (Å²) >= 11 is 0. The molecule has 0 saturated heterocycles. The van der Waals surface area contributed by atoms with Gasteiger partial charge in [-0.05, 0) is 31.0 Å². The normalized spacial score (nSPS) is 17.9. The molecular weight excluding hydrogens is 348 g/mol. The average molecular weight is 372 g/mol. The number of carbonyl (C=O) groups is 2. The molecule has 1 aromatic rings. The highest BCUT2D eigenvalue weighted by Crippen LogP contribution is 2.33. The molecule has 1 aromatic carbocycles. The molecule has 1 heterocycles. The van der Waals surface area contributed by atoms with Crippen LogP contribution in [0.5, 0.6) is 11.5 Å². The summed E-state index contributed by atoms with van der Waals surface area (Å²) in [5.74, 6) is 0.104. The Bertz CT molecular complexity index is 749. The zero-order valence-electron chi connectivity index (χ0n) is 15.5. The first kappa shape index (κ1) is 19.0. The van der Waals surface area contributed by atoms with E-state index in [1.165, 1.54) is 4.90 Å². The van der Waals surface area contributed by atoms with Crippen LogP contribution in [0.4, 0.5) is 0 Å². The maximum absolute atomic E-state index is 12.5. The minimum Gasteiger partial charge on any atom is -0.490 e. The third kappa shape index (κ3) is 4.16. The van der Waals surface area contributed by atoms with Gasteiger partial charge < -0.3 is 19.1 Å². The van der Waals surface area contributed by atoms with E-state index in [4.69, 9.17) is 14.2 Å². The Morgan fingerprint density at radius 1 is 1.15 bits per heavy atom. The maximum atomic E-state index is 12.5. The number of nitrogens with zero attached hydrogens (tertiary/aromatic N) is 2. The molecule has 0 bridgehead atoms. The standard InChI is InChI=1S/C20H24N2O5/c1-22(20(14-21)8-3-2-4-9-20)18(23)13-27-19(24)15-6-7-16-17(12-15)26-11-5-10-25-16/h6-7,12H,2-5,8-11,13H2,1H3. The largest absolute Gasteiger partial charge is 0.490 e. The monoisotopic (exact) mass is 372 g/mol. The maximum Gasteiger partial charge on any atom is 0.338 e. The minimum atomic E-state index is -0.795. The predicted molar refractivity (Wildman–Crippen MR) is 96.5 cm³/mol. The Morgan fingerprint density at radius 2 is 1.85 bits per heavy atom. The molecule has 144 valence electrons. The molecule has 27 heavy (non-hydrogen) atoms. The van der Waals surface area contributed by atoms with Crippen molar-refractivity contribution in [3.8, 4) is 17.6 Å². The van der Waals surface area contributed by atoms with Gasteiger partial charge in [-0.25, -0.2) is 4.79 Å². The second kappa shape index (κ2) is 8.30. The van der Waals surface area contributed by atoms with Crippen LogP contribution in [0, 0.1) is 11.3 Å². The number of benzene rings is 1. The van der Waals surface area contributed by atoms with E-state index in [9.17, 15) is 14.9 Å². The molecule has 2 aliphatic rings. The smallest absolute Gasteiger partial charge is 0.338 e. The van der Waals surface area contributed by atoms with Gasteiger partial charge in [0, 0.05) is 13.5 Å². The van der Waals surface area contributed by atoms with E-state index in [2.05, 4.69) is 6.07 Å². The first-order valence-electron chi connectivity index (χ1n) is 9.30. The fraction of sp³-hybridized carbons (Fsp3) is 0.550. The van der Waals surface area contributed by atoms with Crippen LogP contribution in [-0.4, -0.2) is 49.2 Å². The Labute approximate surface area is 158 Å². The summed E-state index contributed by atoms with van der Waals surface area (Å²) in [4.78, 5) is 26.2. The lowest BCUT2D eigenvalue weighted by Crippen LogP contribution is -2.51. The van der Waals surface area contributed by atoms with Crippen molar-refractivity contribution in [3.63, 3.8) is 0 Å². The topological polar surface area (TPSA) is 88.9 Å². The molecule has 0 aromatic heterocycles. The van der Waals surface area contributed by atoms with Gasteiger partial charge in [0.25, 0.3) is 5.91 Å². The predicted octanol–water partition coefficient (Wildman–Crippen LogP) is 2.69. The number of carbonyl (C=O) groups excluding carboxylic acids is 2. The van der Waals surface area contributed by atoms with Gasteiger partial charge >= 0.3 is 5.97 Å². The molecular formula is C20H24N2O5. The van der Waals surface area contributed by atoms with Crippen molar-refractivity contribution in [2.24, 2.45) is 0 Å². The first-order chi connectivity index (χ1) is 13.1. The number of fused-ring (bicyclic) bond motifs is 1. The fourth-order valence-electron chi connectivity index (χ4n) is 3.50. The Hall–Kier alpha value is -2.75. The van der Waals surface area contributed by atoms with Crippen LogP contribution < -0.4 is 9.47 Å². The molecule has 0 spiro atoms. The lowest BCUT2D eigenvalue weighted by Gasteiger charge is -2.38. The molecule has 3 rings (SSSR count). The molecule has 0 radical (unpaired) electrons.